The summed E-state index contributed by atoms with van der Waals surface area (Å²) in [6, 6.07) is 13.7. The highest BCUT2D eigenvalue weighted by molar-refractivity contribution is 9.10. The number of aromatic nitrogens is 2. The first-order chi connectivity index (χ1) is 8.72. The minimum atomic E-state index is 0.809. The highest BCUT2D eigenvalue weighted by Gasteiger charge is 2.03. The van der Waals surface area contributed by atoms with Gasteiger partial charge in [0.15, 0.2) is 0 Å². The molecule has 0 bridgehead atoms. The van der Waals surface area contributed by atoms with Crippen LogP contribution in [0.2, 0.25) is 0 Å². The second kappa shape index (κ2) is 4.46. The van der Waals surface area contributed by atoms with Gasteiger partial charge in [-0.3, -0.25) is 4.68 Å². The smallest absolute Gasteiger partial charge is 0.129 e. The van der Waals surface area contributed by atoms with Gasteiger partial charge in [-0.05, 0) is 30.3 Å². The van der Waals surface area contributed by atoms with Crippen molar-refractivity contribution < 1.29 is 4.74 Å². The van der Waals surface area contributed by atoms with E-state index in [9.17, 15) is 0 Å². The van der Waals surface area contributed by atoms with Gasteiger partial charge in [0.1, 0.15) is 11.5 Å². The topological polar surface area (TPSA) is 27.1 Å². The van der Waals surface area contributed by atoms with Gasteiger partial charge >= 0.3 is 0 Å². The SMILES string of the molecule is Cn1ncc2ccc(Oc3cccc(Br)c3)cc21. The lowest BCUT2D eigenvalue weighted by molar-refractivity contribution is 0.483. The van der Waals surface area contributed by atoms with Gasteiger partial charge in [0.25, 0.3) is 0 Å². The number of aryl methyl sites for hydroxylation is 1. The lowest BCUT2D eigenvalue weighted by Gasteiger charge is -2.06. The van der Waals surface area contributed by atoms with E-state index >= 15 is 0 Å². The Bertz CT molecular complexity index is 706. The molecule has 0 amide bonds. The molecule has 1 heterocycles. The fourth-order valence-electron chi connectivity index (χ4n) is 1.85. The molecule has 0 aliphatic heterocycles. The van der Waals surface area contributed by atoms with Crippen molar-refractivity contribution in [1.29, 1.82) is 0 Å². The highest BCUT2D eigenvalue weighted by Crippen LogP contribution is 2.27. The maximum Gasteiger partial charge on any atom is 0.129 e. The molecular formula is C14H11BrN2O. The van der Waals surface area contributed by atoms with Gasteiger partial charge in [0.2, 0.25) is 0 Å². The van der Waals surface area contributed by atoms with Gasteiger partial charge < -0.3 is 4.74 Å². The van der Waals surface area contributed by atoms with E-state index < -0.39 is 0 Å². The van der Waals surface area contributed by atoms with Crippen molar-refractivity contribution in [2.75, 3.05) is 0 Å². The molecule has 0 aliphatic rings. The number of halogens is 1. The number of hydrogen-bond acceptors (Lipinski definition) is 2. The van der Waals surface area contributed by atoms with E-state index in [2.05, 4.69) is 21.0 Å². The summed E-state index contributed by atoms with van der Waals surface area (Å²) in [6.45, 7) is 0. The van der Waals surface area contributed by atoms with Gasteiger partial charge in [0, 0.05) is 23.0 Å². The molecule has 0 unspecified atom stereocenters. The van der Waals surface area contributed by atoms with Crippen LogP contribution in [0.3, 0.4) is 0 Å². The monoisotopic (exact) mass is 302 g/mol. The van der Waals surface area contributed by atoms with Crippen LogP contribution >= 0.6 is 15.9 Å². The second-order valence-corrected chi connectivity index (χ2v) is 4.96. The lowest BCUT2D eigenvalue weighted by atomic mass is 10.2. The molecule has 4 heteroatoms. The van der Waals surface area contributed by atoms with Crippen LogP contribution in [0.25, 0.3) is 10.9 Å². The van der Waals surface area contributed by atoms with E-state index in [1.54, 1.807) is 0 Å². The Morgan fingerprint density at radius 3 is 2.78 bits per heavy atom. The minimum Gasteiger partial charge on any atom is -0.457 e. The third-order valence-electron chi connectivity index (χ3n) is 2.75. The van der Waals surface area contributed by atoms with Crippen molar-refractivity contribution in [3.05, 3.63) is 53.1 Å². The zero-order valence-corrected chi connectivity index (χ0v) is 11.4. The average Bonchev–Trinajstić information content (AvgIpc) is 2.71. The molecule has 0 atom stereocenters. The van der Waals surface area contributed by atoms with Gasteiger partial charge in [-0.2, -0.15) is 5.10 Å². The number of ether oxygens (including phenoxy) is 1. The minimum absolute atomic E-state index is 0.809. The van der Waals surface area contributed by atoms with Crippen molar-refractivity contribution in [3.8, 4) is 11.5 Å². The molecule has 0 spiro atoms. The van der Waals surface area contributed by atoms with Crippen LogP contribution < -0.4 is 4.74 Å². The van der Waals surface area contributed by atoms with Crippen LogP contribution in [-0.2, 0) is 7.05 Å². The van der Waals surface area contributed by atoms with Gasteiger partial charge in [-0.1, -0.05) is 22.0 Å². The van der Waals surface area contributed by atoms with Crippen LogP contribution in [0.1, 0.15) is 0 Å². The molecule has 0 saturated carbocycles. The van der Waals surface area contributed by atoms with E-state index in [0.29, 0.717) is 0 Å². The van der Waals surface area contributed by atoms with E-state index in [-0.39, 0.29) is 0 Å². The number of fused-ring (bicyclic) bond motifs is 1. The molecule has 90 valence electrons. The fraction of sp³-hybridized carbons (Fsp3) is 0.0714. The molecule has 0 N–H and O–H groups in total. The average molecular weight is 303 g/mol. The van der Waals surface area contributed by atoms with Crippen LogP contribution in [0.4, 0.5) is 0 Å². The quantitative estimate of drug-likeness (QED) is 0.712. The van der Waals surface area contributed by atoms with Crippen molar-refractivity contribution >= 4 is 26.8 Å². The van der Waals surface area contributed by atoms with Crippen LogP contribution in [0.15, 0.2) is 53.1 Å². The molecule has 0 fully saturated rings. The van der Waals surface area contributed by atoms with Crippen molar-refractivity contribution in [3.63, 3.8) is 0 Å². The molecule has 3 rings (SSSR count). The first-order valence-electron chi connectivity index (χ1n) is 5.57. The van der Waals surface area contributed by atoms with Crippen molar-refractivity contribution in [1.82, 2.24) is 9.78 Å². The molecule has 1 aromatic heterocycles. The largest absolute Gasteiger partial charge is 0.457 e. The number of nitrogens with zero attached hydrogens (tertiary/aromatic N) is 2. The zero-order chi connectivity index (χ0) is 12.5. The first-order valence-corrected chi connectivity index (χ1v) is 6.37. The van der Waals surface area contributed by atoms with Crippen molar-refractivity contribution in [2.45, 2.75) is 0 Å². The Labute approximate surface area is 113 Å². The maximum atomic E-state index is 5.82. The van der Waals surface area contributed by atoms with Crippen LogP contribution in [-0.4, -0.2) is 9.78 Å². The lowest BCUT2D eigenvalue weighted by Crippen LogP contribution is -1.89. The Morgan fingerprint density at radius 2 is 1.94 bits per heavy atom. The summed E-state index contributed by atoms with van der Waals surface area (Å²) < 4.78 is 8.66. The van der Waals surface area contributed by atoms with Crippen molar-refractivity contribution in [2.24, 2.45) is 7.05 Å². The highest BCUT2D eigenvalue weighted by atomic mass is 79.9. The molecule has 3 nitrogen and oxygen atoms in total. The maximum absolute atomic E-state index is 5.82. The summed E-state index contributed by atoms with van der Waals surface area (Å²) in [5, 5.41) is 5.32. The molecule has 3 aromatic rings. The zero-order valence-electron chi connectivity index (χ0n) is 9.80. The Kier molecular flexibility index (Phi) is 2.80. The van der Waals surface area contributed by atoms with Gasteiger partial charge in [0.05, 0.1) is 11.7 Å². The van der Waals surface area contributed by atoms with Gasteiger partial charge in [-0.15, -0.1) is 0 Å². The Hall–Kier alpha value is -1.81. The summed E-state index contributed by atoms with van der Waals surface area (Å²) >= 11 is 3.43. The first kappa shape index (κ1) is 11.3. The molecule has 0 radical (unpaired) electrons. The second-order valence-electron chi connectivity index (χ2n) is 4.05. The van der Waals surface area contributed by atoms with Crippen LogP contribution in [0, 0.1) is 0 Å². The van der Waals surface area contributed by atoms with E-state index in [1.165, 1.54) is 0 Å². The molecule has 0 aliphatic carbocycles. The normalized spacial score (nSPS) is 10.8. The third kappa shape index (κ3) is 2.11. The summed E-state index contributed by atoms with van der Waals surface area (Å²) in [4.78, 5) is 0. The standard InChI is InChI=1S/C14H11BrN2O/c1-17-14-8-13(6-5-10(14)9-16-17)18-12-4-2-3-11(15)7-12/h2-9H,1H3. The summed E-state index contributed by atoms with van der Waals surface area (Å²) in [5.41, 5.74) is 1.06. The van der Waals surface area contributed by atoms with Crippen LogP contribution in [0.5, 0.6) is 11.5 Å². The predicted molar refractivity (Wildman–Crippen MR) is 74.9 cm³/mol. The summed E-state index contributed by atoms with van der Waals surface area (Å²) in [7, 11) is 1.92. The summed E-state index contributed by atoms with van der Waals surface area (Å²) in [6.07, 6.45) is 1.85. The predicted octanol–water partition coefficient (Wildman–Crippen LogP) is 4.13. The molecular weight excluding hydrogens is 292 g/mol. The fourth-order valence-corrected chi connectivity index (χ4v) is 2.23. The molecule has 2 aromatic carbocycles. The Morgan fingerprint density at radius 1 is 1.11 bits per heavy atom. The number of rotatable bonds is 2. The van der Waals surface area contributed by atoms with E-state index in [0.717, 1.165) is 26.9 Å². The summed E-state index contributed by atoms with van der Waals surface area (Å²) in [5.74, 6) is 1.62. The molecule has 0 saturated heterocycles. The van der Waals surface area contributed by atoms with E-state index in [1.807, 2.05) is 60.4 Å². The Balaban J connectivity index is 1.97. The van der Waals surface area contributed by atoms with Gasteiger partial charge in [-0.25, -0.2) is 0 Å². The molecule has 18 heavy (non-hydrogen) atoms. The van der Waals surface area contributed by atoms with E-state index in [4.69, 9.17) is 4.74 Å². The number of hydrogen-bond donors (Lipinski definition) is 0. The third-order valence-corrected chi connectivity index (χ3v) is 3.25. The number of benzene rings is 2.